The van der Waals surface area contributed by atoms with Gasteiger partial charge < -0.3 is 10.6 Å². The van der Waals surface area contributed by atoms with Crippen LogP contribution in [0.2, 0.25) is 0 Å². The summed E-state index contributed by atoms with van der Waals surface area (Å²) in [5.41, 5.74) is 0.828. The fourth-order valence-corrected chi connectivity index (χ4v) is 3.16. The minimum Gasteiger partial charge on any atom is -0.315 e. The largest absolute Gasteiger partial charge is 0.315 e. The number of carbonyl (C=O) groups is 1. The molecule has 3 heterocycles. The second-order valence-electron chi connectivity index (χ2n) is 5.14. The molecule has 1 amide bonds. The molecule has 0 saturated carbocycles. The lowest BCUT2D eigenvalue weighted by Gasteiger charge is -2.08. The van der Waals surface area contributed by atoms with Gasteiger partial charge in [0.25, 0.3) is 0 Å². The molecule has 0 aromatic carbocycles. The molecule has 1 saturated heterocycles. The molecule has 1 aliphatic heterocycles. The van der Waals surface area contributed by atoms with Crippen LogP contribution in [0.3, 0.4) is 0 Å². The number of anilines is 1. The van der Waals surface area contributed by atoms with Gasteiger partial charge in [0.15, 0.2) is 5.82 Å². The summed E-state index contributed by atoms with van der Waals surface area (Å²) in [6.07, 6.45) is 4.21. The van der Waals surface area contributed by atoms with E-state index >= 15 is 0 Å². The van der Waals surface area contributed by atoms with Crippen molar-refractivity contribution in [2.75, 3.05) is 18.4 Å². The van der Waals surface area contributed by atoms with Crippen molar-refractivity contribution in [3.8, 4) is 0 Å². The lowest BCUT2D eigenvalue weighted by molar-refractivity contribution is -0.115. The van der Waals surface area contributed by atoms with Crippen molar-refractivity contribution in [3.63, 3.8) is 0 Å². The SMILES string of the molecule is CCc1nc(CC(=O)Nc2ccn(C3CCNC3)n2)cs1. The Kier molecular flexibility index (Phi) is 4.31. The minimum absolute atomic E-state index is 0.0715. The standard InChI is InChI=1S/C14H19N5OS/c1-2-14-16-10(9-21-14)7-13(20)17-12-4-6-19(18-12)11-3-5-15-8-11/h4,6,9,11,15H,2-3,5,7-8H2,1H3,(H,17,18,20). The van der Waals surface area contributed by atoms with Crippen LogP contribution < -0.4 is 10.6 Å². The van der Waals surface area contributed by atoms with Gasteiger partial charge in [0.2, 0.25) is 5.91 Å². The molecule has 6 nitrogen and oxygen atoms in total. The van der Waals surface area contributed by atoms with Gasteiger partial charge in [-0.15, -0.1) is 11.3 Å². The van der Waals surface area contributed by atoms with Gasteiger partial charge in [-0.3, -0.25) is 9.48 Å². The van der Waals surface area contributed by atoms with Crippen LogP contribution in [0.15, 0.2) is 17.6 Å². The van der Waals surface area contributed by atoms with E-state index in [4.69, 9.17) is 0 Å². The lowest BCUT2D eigenvalue weighted by atomic mass is 10.3. The molecule has 1 aliphatic rings. The molecule has 1 atom stereocenters. The van der Waals surface area contributed by atoms with E-state index in [-0.39, 0.29) is 5.91 Å². The number of nitrogens with zero attached hydrogens (tertiary/aromatic N) is 3. The van der Waals surface area contributed by atoms with Crippen LogP contribution in [0.5, 0.6) is 0 Å². The molecule has 21 heavy (non-hydrogen) atoms. The number of aromatic nitrogens is 3. The van der Waals surface area contributed by atoms with Gasteiger partial charge in [0, 0.05) is 24.2 Å². The first-order valence-electron chi connectivity index (χ1n) is 7.23. The predicted octanol–water partition coefficient (Wildman–Crippen LogP) is 1.62. The Balaban J connectivity index is 1.57. The average Bonchev–Trinajstić information content (AvgIpc) is 3.19. The fraction of sp³-hybridized carbons (Fsp3) is 0.500. The monoisotopic (exact) mass is 305 g/mol. The highest BCUT2D eigenvalue weighted by molar-refractivity contribution is 7.09. The van der Waals surface area contributed by atoms with Crippen molar-refractivity contribution >= 4 is 23.1 Å². The van der Waals surface area contributed by atoms with Crippen molar-refractivity contribution in [3.05, 3.63) is 28.3 Å². The second kappa shape index (κ2) is 6.36. The van der Waals surface area contributed by atoms with E-state index in [1.807, 2.05) is 22.3 Å². The topological polar surface area (TPSA) is 71.8 Å². The summed E-state index contributed by atoms with van der Waals surface area (Å²) >= 11 is 1.60. The van der Waals surface area contributed by atoms with Crippen molar-refractivity contribution in [2.24, 2.45) is 0 Å². The van der Waals surface area contributed by atoms with Crippen LogP contribution in [0.4, 0.5) is 5.82 Å². The molecule has 2 aromatic rings. The van der Waals surface area contributed by atoms with Crippen LogP contribution in [0.1, 0.15) is 30.1 Å². The minimum atomic E-state index is -0.0715. The molecule has 3 rings (SSSR count). The molecule has 7 heteroatoms. The van der Waals surface area contributed by atoms with Crippen molar-refractivity contribution in [1.82, 2.24) is 20.1 Å². The van der Waals surface area contributed by atoms with Crippen LogP contribution in [0.25, 0.3) is 0 Å². The number of thiazole rings is 1. The summed E-state index contributed by atoms with van der Waals surface area (Å²) in [6.45, 7) is 4.02. The maximum absolute atomic E-state index is 12.0. The van der Waals surface area contributed by atoms with E-state index in [9.17, 15) is 4.79 Å². The van der Waals surface area contributed by atoms with Gasteiger partial charge >= 0.3 is 0 Å². The molecular weight excluding hydrogens is 286 g/mol. The summed E-state index contributed by atoms with van der Waals surface area (Å²) < 4.78 is 1.92. The maximum Gasteiger partial charge on any atom is 0.231 e. The number of hydrogen-bond acceptors (Lipinski definition) is 5. The summed E-state index contributed by atoms with van der Waals surface area (Å²) in [6, 6.07) is 2.23. The van der Waals surface area contributed by atoms with E-state index in [0.29, 0.717) is 18.3 Å². The van der Waals surface area contributed by atoms with E-state index in [1.54, 1.807) is 11.3 Å². The zero-order chi connectivity index (χ0) is 14.7. The molecule has 2 N–H and O–H groups in total. The molecule has 112 valence electrons. The van der Waals surface area contributed by atoms with Gasteiger partial charge in [-0.05, 0) is 19.4 Å². The van der Waals surface area contributed by atoms with E-state index in [1.165, 1.54) is 0 Å². The lowest BCUT2D eigenvalue weighted by Crippen LogP contribution is -2.17. The van der Waals surface area contributed by atoms with Crippen LogP contribution in [-0.2, 0) is 17.6 Å². The molecule has 0 bridgehead atoms. The van der Waals surface area contributed by atoms with Gasteiger partial charge in [0.05, 0.1) is 23.2 Å². The second-order valence-corrected chi connectivity index (χ2v) is 6.08. The normalized spacial score (nSPS) is 18.0. The third-order valence-electron chi connectivity index (χ3n) is 3.53. The number of amides is 1. The summed E-state index contributed by atoms with van der Waals surface area (Å²) in [7, 11) is 0. The molecule has 0 spiro atoms. The van der Waals surface area contributed by atoms with Crippen molar-refractivity contribution < 1.29 is 4.79 Å². The average molecular weight is 305 g/mol. The molecule has 2 aromatic heterocycles. The first-order valence-corrected chi connectivity index (χ1v) is 8.11. The number of rotatable bonds is 5. The van der Waals surface area contributed by atoms with Crippen LogP contribution in [-0.4, -0.2) is 33.8 Å². The third-order valence-corrected chi connectivity index (χ3v) is 4.57. The van der Waals surface area contributed by atoms with Gasteiger partial charge in [-0.2, -0.15) is 5.10 Å². The van der Waals surface area contributed by atoms with E-state index < -0.39 is 0 Å². The first kappa shape index (κ1) is 14.2. The molecule has 0 radical (unpaired) electrons. The first-order chi connectivity index (χ1) is 10.2. The highest BCUT2D eigenvalue weighted by Crippen LogP contribution is 2.16. The number of carbonyl (C=O) groups excluding carboxylic acids is 1. The molecule has 0 aliphatic carbocycles. The van der Waals surface area contributed by atoms with Gasteiger partial charge in [-0.1, -0.05) is 6.92 Å². The molecular formula is C14H19N5OS. The highest BCUT2D eigenvalue weighted by atomic mass is 32.1. The summed E-state index contributed by atoms with van der Waals surface area (Å²) in [4.78, 5) is 16.4. The number of aryl methyl sites for hydroxylation is 1. The number of hydrogen-bond donors (Lipinski definition) is 2. The Bertz CT molecular complexity index is 614. The summed E-state index contributed by atoms with van der Waals surface area (Å²) in [5, 5.41) is 13.6. The molecule has 1 unspecified atom stereocenters. The summed E-state index contributed by atoms with van der Waals surface area (Å²) in [5.74, 6) is 0.538. The Morgan fingerprint density at radius 1 is 1.62 bits per heavy atom. The Hall–Kier alpha value is -1.73. The van der Waals surface area contributed by atoms with Crippen LogP contribution >= 0.6 is 11.3 Å². The van der Waals surface area contributed by atoms with Crippen molar-refractivity contribution in [1.29, 1.82) is 0 Å². The predicted molar refractivity (Wildman–Crippen MR) is 82.6 cm³/mol. The van der Waals surface area contributed by atoms with Gasteiger partial charge in [-0.25, -0.2) is 4.98 Å². The van der Waals surface area contributed by atoms with Crippen LogP contribution in [0, 0.1) is 0 Å². The zero-order valence-corrected chi connectivity index (χ0v) is 12.8. The number of nitrogens with one attached hydrogen (secondary N) is 2. The van der Waals surface area contributed by atoms with E-state index in [0.717, 1.165) is 36.6 Å². The Morgan fingerprint density at radius 3 is 3.24 bits per heavy atom. The van der Waals surface area contributed by atoms with E-state index in [2.05, 4.69) is 27.6 Å². The Labute approximate surface area is 127 Å². The maximum atomic E-state index is 12.0. The Morgan fingerprint density at radius 2 is 2.52 bits per heavy atom. The van der Waals surface area contributed by atoms with Gasteiger partial charge in [0.1, 0.15) is 0 Å². The van der Waals surface area contributed by atoms with Crippen molar-refractivity contribution in [2.45, 2.75) is 32.2 Å². The smallest absolute Gasteiger partial charge is 0.231 e. The molecule has 1 fully saturated rings. The zero-order valence-electron chi connectivity index (χ0n) is 12.0. The quantitative estimate of drug-likeness (QED) is 0.880. The highest BCUT2D eigenvalue weighted by Gasteiger charge is 2.17. The fourth-order valence-electron chi connectivity index (χ4n) is 2.42. The third kappa shape index (κ3) is 3.48.